The first-order valence-corrected chi connectivity index (χ1v) is 8.13. The van der Waals surface area contributed by atoms with Gasteiger partial charge in [-0.25, -0.2) is 4.98 Å². The van der Waals surface area contributed by atoms with Crippen LogP contribution in [-0.4, -0.2) is 10.2 Å². The summed E-state index contributed by atoms with van der Waals surface area (Å²) in [5, 5.41) is -0.640. The van der Waals surface area contributed by atoms with Crippen LogP contribution in [-0.2, 0) is 13.2 Å². The Morgan fingerprint density at radius 1 is 0.840 bits per heavy atom. The van der Waals surface area contributed by atoms with Crippen molar-refractivity contribution in [2.45, 2.75) is 13.2 Å². The zero-order valence-corrected chi connectivity index (χ0v) is 14.1. The summed E-state index contributed by atoms with van der Waals surface area (Å²) in [6.45, 7) is 0.723. The minimum atomic E-state index is -0.640. The maximum atomic E-state index is 11.4. The van der Waals surface area contributed by atoms with Crippen molar-refractivity contribution >= 4 is 16.8 Å². The third-order valence-corrected chi connectivity index (χ3v) is 3.70. The molecule has 5 heteroatoms. The summed E-state index contributed by atoms with van der Waals surface area (Å²) in [6, 6.07) is 21.0. The molecule has 25 heavy (non-hydrogen) atoms. The second-order valence-corrected chi connectivity index (χ2v) is 5.68. The van der Waals surface area contributed by atoms with E-state index in [0.717, 1.165) is 11.1 Å². The van der Waals surface area contributed by atoms with Gasteiger partial charge in [0.25, 0.3) is 5.24 Å². The van der Waals surface area contributed by atoms with Gasteiger partial charge in [0.15, 0.2) is 11.5 Å². The number of carbonyl (C=O) groups excluding carboxylic acids is 1. The molecule has 0 aliphatic carbocycles. The number of halogens is 1. The number of rotatable bonds is 7. The van der Waals surface area contributed by atoms with Gasteiger partial charge in [-0.3, -0.25) is 4.79 Å². The van der Waals surface area contributed by atoms with Crippen LogP contribution in [0, 0.1) is 0 Å². The molecular weight excluding hydrogens is 338 g/mol. The largest absolute Gasteiger partial charge is 0.485 e. The smallest absolute Gasteiger partial charge is 0.270 e. The second kappa shape index (κ2) is 8.31. The number of benzene rings is 2. The molecule has 0 fully saturated rings. The minimum absolute atomic E-state index is 0.122. The van der Waals surface area contributed by atoms with Crippen molar-refractivity contribution in [2.75, 3.05) is 0 Å². The Labute approximate surface area is 151 Å². The molecule has 0 radical (unpaired) electrons. The van der Waals surface area contributed by atoms with Gasteiger partial charge in [-0.2, -0.15) is 0 Å². The van der Waals surface area contributed by atoms with Gasteiger partial charge in [0, 0.05) is 6.07 Å². The van der Waals surface area contributed by atoms with Gasteiger partial charge in [0.2, 0.25) is 0 Å². The van der Waals surface area contributed by atoms with Crippen molar-refractivity contribution < 1.29 is 14.3 Å². The maximum absolute atomic E-state index is 11.4. The Bertz CT molecular complexity index is 838. The van der Waals surface area contributed by atoms with E-state index in [4.69, 9.17) is 21.1 Å². The lowest BCUT2D eigenvalue weighted by molar-refractivity contribution is 0.107. The number of nitrogens with zero attached hydrogens (tertiary/aromatic N) is 1. The first-order valence-electron chi connectivity index (χ1n) is 7.76. The van der Waals surface area contributed by atoms with Gasteiger partial charge in [0.1, 0.15) is 18.9 Å². The predicted octanol–water partition coefficient (Wildman–Crippen LogP) is 4.62. The Morgan fingerprint density at radius 2 is 1.36 bits per heavy atom. The highest BCUT2D eigenvalue weighted by atomic mass is 35.5. The Kier molecular flexibility index (Phi) is 5.65. The molecule has 0 aliphatic heterocycles. The second-order valence-electron chi connectivity index (χ2n) is 5.34. The van der Waals surface area contributed by atoms with E-state index in [2.05, 4.69) is 4.98 Å². The lowest BCUT2D eigenvalue weighted by Crippen LogP contribution is -2.03. The minimum Gasteiger partial charge on any atom is -0.485 e. The fourth-order valence-corrected chi connectivity index (χ4v) is 2.33. The van der Waals surface area contributed by atoms with E-state index in [-0.39, 0.29) is 5.69 Å². The molecule has 0 aliphatic rings. The van der Waals surface area contributed by atoms with Crippen molar-refractivity contribution in [3.8, 4) is 11.5 Å². The van der Waals surface area contributed by atoms with Gasteiger partial charge in [-0.05, 0) is 22.7 Å². The van der Waals surface area contributed by atoms with Crippen LogP contribution in [0.2, 0.25) is 0 Å². The Balaban J connectivity index is 1.77. The van der Waals surface area contributed by atoms with Gasteiger partial charge in [-0.1, -0.05) is 60.7 Å². The van der Waals surface area contributed by atoms with Crippen LogP contribution in [0.4, 0.5) is 0 Å². The van der Waals surface area contributed by atoms with Crippen LogP contribution in [0.25, 0.3) is 0 Å². The summed E-state index contributed by atoms with van der Waals surface area (Å²) in [5.74, 6) is 0.889. The third-order valence-electron chi connectivity index (χ3n) is 3.51. The molecule has 0 saturated carbocycles. The molecule has 1 aromatic heterocycles. The molecule has 0 atom stereocenters. The van der Waals surface area contributed by atoms with Crippen LogP contribution in [0.1, 0.15) is 21.6 Å². The molecule has 3 rings (SSSR count). The quantitative estimate of drug-likeness (QED) is 0.581. The van der Waals surface area contributed by atoms with Gasteiger partial charge < -0.3 is 9.47 Å². The molecular formula is C20H16ClNO3. The summed E-state index contributed by atoms with van der Waals surface area (Å²) in [6.07, 6.45) is 1.46. The Hall–Kier alpha value is -2.85. The molecule has 0 bridgehead atoms. The highest BCUT2D eigenvalue weighted by molar-refractivity contribution is 6.67. The van der Waals surface area contributed by atoms with Crippen molar-refractivity contribution in [2.24, 2.45) is 0 Å². The van der Waals surface area contributed by atoms with Gasteiger partial charge in [0.05, 0.1) is 6.20 Å². The summed E-state index contributed by atoms with van der Waals surface area (Å²) in [7, 11) is 0. The highest BCUT2D eigenvalue weighted by Gasteiger charge is 2.12. The van der Waals surface area contributed by atoms with E-state index < -0.39 is 5.24 Å². The average Bonchev–Trinajstić information content (AvgIpc) is 2.66. The van der Waals surface area contributed by atoms with Crippen molar-refractivity contribution in [1.29, 1.82) is 0 Å². The molecule has 0 amide bonds. The monoisotopic (exact) mass is 353 g/mol. The lowest BCUT2D eigenvalue weighted by atomic mass is 10.2. The van der Waals surface area contributed by atoms with Gasteiger partial charge in [-0.15, -0.1) is 0 Å². The van der Waals surface area contributed by atoms with Crippen LogP contribution in [0.3, 0.4) is 0 Å². The molecule has 0 spiro atoms. The van der Waals surface area contributed by atoms with E-state index >= 15 is 0 Å². The number of aromatic nitrogens is 1. The topological polar surface area (TPSA) is 48.4 Å². The zero-order valence-electron chi connectivity index (χ0n) is 13.4. The lowest BCUT2D eigenvalue weighted by Gasteiger charge is -2.13. The third kappa shape index (κ3) is 4.81. The summed E-state index contributed by atoms with van der Waals surface area (Å²) in [5.41, 5.74) is 2.15. The Morgan fingerprint density at radius 3 is 1.88 bits per heavy atom. The summed E-state index contributed by atoms with van der Waals surface area (Å²) >= 11 is 5.52. The van der Waals surface area contributed by atoms with E-state index in [9.17, 15) is 4.79 Å². The van der Waals surface area contributed by atoms with Crippen molar-refractivity contribution in [3.05, 3.63) is 89.7 Å². The van der Waals surface area contributed by atoms with E-state index in [1.54, 1.807) is 0 Å². The highest BCUT2D eigenvalue weighted by Crippen LogP contribution is 2.29. The molecule has 4 nitrogen and oxygen atoms in total. The number of hydrogen-bond donors (Lipinski definition) is 0. The van der Waals surface area contributed by atoms with Crippen molar-refractivity contribution in [3.63, 3.8) is 0 Å². The molecule has 0 N–H and O–H groups in total. The van der Waals surface area contributed by atoms with Gasteiger partial charge >= 0.3 is 0 Å². The zero-order chi connectivity index (χ0) is 17.5. The molecule has 126 valence electrons. The molecule has 3 aromatic rings. The number of carbonyl (C=O) groups is 1. The molecule has 1 heterocycles. The van der Waals surface area contributed by atoms with Crippen LogP contribution < -0.4 is 9.47 Å². The predicted molar refractivity (Wildman–Crippen MR) is 96.0 cm³/mol. The first-order chi connectivity index (χ1) is 12.2. The van der Waals surface area contributed by atoms with Crippen LogP contribution in [0.15, 0.2) is 72.9 Å². The van der Waals surface area contributed by atoms with Crippen molar-refractivity contribution in [1.82, 2.24) is 4.98 Å². The standard InChI is InChI=1S/C20H16ClNO3/c21-20(23)17-11-18(24-13-15-7-3-1-4-8-15)19(12-22-17)25-14-16-9-5-2-6-10-16/h1-12H,13-14H2. The number of ether oxygens (including phenoxy) is 2. The summed E-state index contributed by atoms with van der Waals surface area (Å²) < 4.78 is 11.6. The normalized spacial score (nSPS) is 10.3. The SMILES string of the molecule is O=C(Cl)c1cc(OCc2ccccc2)c(OCc2ccccc2)cn1. The fraction of sp³-hybridized carbons (Fsp3) is 0.100. The number of hydrogen-bond acceptors (Lipinski definition) is 4. The van der Waals surface area contributed by atoms with E-state index in [1.807, 2.05) is 60.7 Å². The number of pyridine rings is 1. The summed E-state index contributed by atoms with van der Waals surface area (Å²) in [4.78, 5) is 15.4. The van der Waals surface area contributed by atoms with Crippen LogP contribution in [0.5, 0.6) is 11.5 Å². The molecule has 0 unspecified atom stereocenters. The first kappa shape index (κ1) is 17.0. The van der Waals surface area contributed by atoms with Crippen LogP contribution >= 0.6 is 11.6 Å². The van der Waals surface area contributed by atoms with E-state index in [0.29, 0.717) is 24.7 Å². The molecule has 2 aromatic carbocycles. The van der Waals surface area contributed by atoms with E-state index in [1.165, 1.54) is 12.3 Å². The average molecular weight is 354 g/mol. The fourth-order valence-electron chi connectivity index (χ4n) is 2.22. The molecule has 0 saturated heterocycles. The maximum Gasteiger partial charge on any atom is 0.270 e.